The minimum atomic E-state index is -0.839. The number of rotatable bonds is 14. The molecule has 0 aliphatic heterocycles. The minimum absolute atomic E-state index is 0.161. The molecule has 2 amide bonds. The van der Waals surface area contributed by atoms with Gasteiger partial charge in [-0.05, 0) is 55.0 Å². The lowest BCUT2D eigenvalue weighted by Gasteiger charge is -2.22. The molecule has 0 heterocycles. The second-order valence-corrected chi connectivity index (χ2v) is 10.8. The predicted molar refractivity (Wildman–Crippen MR) is 154 cm³/mol. The van der Waals surface area contributed by atoms with E-state index in [2.05, 4.69) is 60.9 Å². The molecule has 2 rings (SSSR count). The molecule has 2 unspecified atom stereocenters. The van der Waals surface area contributed by atoms with Gasteiger partial charge in [-0.15, -0.1) is 0 Å². The van der Waals surface area contributed by atoms with Gasteiger partial charge in [-0.3, -0.25) is 9.59 Å². The van der Waals surface area contributed by atoms with Crippen molar-refractivity contribution in [2.45, 2.75) is 53.0 Å². The SMILES string of the molecule is COc1ccc(CC(NC(=O)/C=C/CC(C)C/C=C/c2ccc(C)cc2)C(=O)NCC(C)(C)C=O)cc1Cl. The number of hydrogen-bond donors (Lipinski definition) is 2. The predicted octanol–water partition coefficient (Wildman–Crippen LogP) is 5.71. The van der Waals surface area contributed by atoms with Crippen molar-refractivity contribution < 1.29 is 19.1 Å². The first kappa shape index (κ1) is 30.8. The van der Waals surface area contributed by atoms with Crippen LogP contribution in [0.3, 0.4) is 0 Å². The molecule has 7 heteroatoms. The molecule has 2 N–H and O–H groups in total. The number of halogens is 1. The smallest absolute Gasteiger partial charge is 0.244 e. The zero-order chi connectivity index (χ0) is 28.1. The molecule has 0 fully saturated rings. The van der Waals surface area contributed by atoms with Crippen LogP contribution in [0.1, 0.15) is 50.3 Å². The first-order valence-corrected chi connectivity index (χ1v) is 13.2. The van der Waals surface area contributed by atoms with Crippen LogP contribution < -0.4 is 15.4 Å². The van der Waals surface area contributed by atoms with Crippen molar-refractivity contribution in [3.63, 3.8) is 0 Å². The Bertz CT molecular complexity index is 1140. The van der Waals surface area contributed by atoms with Gasteiger partial charge in [-0.1, -0.05) is 86.5 Å². The summed E-state index contributed by atoms with van der Waals surface area (Å²) >= 11 is 6.25. The molecule has 0 radical (unpaired) electrons. The maximum absolute atomic E-state index is 13.0. The molecular formula is C31H39ClN2O4. The standard InChI is InChI=1S/C31H39ClN2O4/c1-22(8-6-10-24-14-12-23(2)13-15-24)9-7-11-29(36)34-27(30(37)33-20-31(3,4)21-35)19-25-16-17-28(38-5)26(32)18-25/h6-7,10-18,21-22,27H,8-9,19-20H2,1-5H3,(H,33,37)(H,34,36)/b10-6+,11-7+. The van der Waals surface area contributed by atoms with E-state index in [1.165, 1.54) is 18.7 Å². The normalized spacial score (nSPS) is 13.3. The van der Waals surface area contributed by atoms with E-state index >= 15 is 0 Å². The van der Waals surface area contributed by atoms with Gasteiger partial charge in [0, 0.05) is 18.4 Å². The van der Waals surface area contributed by atoms with Gasteiger partial charge in [0.15, 0.2) is 0 Å². The number of aldehydes is 1. The molecule has 2 aromatic carbocycles. The molecule has 38 heavy (non-hydrogen) atoms. The lowest BCUT2D eigenvalue weighted by Crippen LogP contribution is -2.49. The molecule has 0 aliphatic rings. The van der Waals surface area contributed by atoms with Gasteiger partial charge in [0.25, 0.3) is 0 Å². The van der Waals surface area contributed by atoms with Crippen molar-refractivity contribution in [3.05, 3.63) is 82.4 Å². The van der Waals surface area contributed by atoms with Crippen molar-refractivity contribution in [2.75, 3.05) is 13.7 Å². The molecule has 0 saturated heterocycles. The highest BCUT2D eigenvalue weighted by atomic mass is 35.5. The Kier molecular flexibility index (Phi) is 12.3. The summed E-state index contributed by atoms with van der Waals surface area (Å²) in [5.74, 6) is 0.149. The van der Waals surface area contributed by atoms with Gasteiger partial charge in [-0.25, -0.2) is 0 Å². The van der Waals surface area contributed by atoms with Crippen molar-refractivity contribution >= 4 is 35.8 Å². The van der Waals surface area contributed by atoms with E-state index in [1.807, 2.05) is 6.08 Å². The Morgan fingerprint density at radius 1 is 1.08 bits per heavy atom. The summed E-state index contributed by atoms with van der Waals surface area (Å²) < 4.78 is 5.19. The highest BCUT2D eigenvalue weighted by Gasteiger charge is 2.24. The topological polar surface area (TPSA) is 84.5 Å². The van der Waals surface area contributed by atoms with Crippen molar-refractivity contribution in [1.82, 2.24) is 10.6 Å². The summed E-state index contributed by atoms with van der Waals surface area (Å²) in [7, 11) is 1.53. The van der Waals surface area contributed by atoms with Crippen LogP contribution in [0.4, 0.5) is 0 Å². The third-order valence-electron chi connectivity index (χ3n) is 6.06. The van der Waals surface area contributed by atoms with E-state index < -0.39 is 11.5 Å². The van der Waals surface area contributed by atoms with E-state index in [9.17, 15) is 14.4 Å². The highest BCUT2D eigenvalue weighted by molar-refractivity contribution is 6.32. The molecule has 0 aliphatic carbocycles. The number of allylic oxidation sites excluding steroid dienone is 2. The van der Waals surface area contributed by atoms with Crippen LogP contribution in [-0.2, 0) is 20.8 Å². The number of carbonyl (C=O) groups is 3. The lowest BCUT2D eigenvalue weighted by atomic mass is 9.95. The van der Waals surface area contributed by atoms with Crippen LogP contribution in [0.25, 0.3) is 6.08 Å². The second kappa shape index (κ2) is 15.1. The number of methoxy groups -OCH3 is 1. The summed E-state index contributed by atoms with van der Waals surface area (Å²) in [6.45, 7) is 7.82. The minimum Gasteiger partial charge on any atom is -0.495 e. The quantitative estimate of drug-likeness (QED) is 0.238. The molecule has 6 nitrogen and oxygen atoms in total. The average molecular weight is 539 g/mol. The fourth-order valence-electron chi connectivity index (χ4n) is 3.60. The fraction of sp³-hybridized carbons (Fsp3) is 0.387. The van der Waals surface area contributed by atoms with Gasteiger partial charge in [-0.2, -0.15) is 0 Å². The van der Waals surface area contributed by atoms with Crippen LogP contribution >= 0.6 is 11.6 Å². The van der Waals surface area contributed by atoms with Crippen molar-refractivity contribution in [1.29, 1.82) is 0 Å². The van der Waals surface area contributed by atoms with Gasteiger partial charge < -0.3 is 20.2 Å². The number of ether oxygens (including phenoxy) is 1. The Morgan fingerprint density at radius 2 is 1.76 bits per heavy atom. The number of nitrogens with one attached hydrogen (secondary N) is 2. The number of amides is 2. The van der Waals surface area contributed by atoms with Crippen LogP contribution in [0, 0.1) is 18.3 Å². The summed E-state index contributed by atoms with van der Waals surface area (Å²) in [6, 6.07) is 12.7. The van der Waals surface area contributed by atoms with Crippen molar-refractivity contribution in [3.8, 4) is 5.75 Å². The zero-order valence-corrected chi connectivity index (χ0v) is 23.7. The van der Waals surface area contributed by atoms with Gasteiger partial charge >= 0.3 is 0 Å². The largest absolute Gasteiger partial charge is 0.495 e. The third-order valence-corrected chi connectivity index (χ3v) is 6.36. The summed E-state index contributed by atoms with van der Waals surface area (Å²) in [4.78, 5) is 36.9. The van der Waals surface area contributed by atoms with E-state index in [1.54, 1.807) is 32.0 Å². The molecule has 0 bridgehead atoms. The highest BCUT2D eigenvalue weighted by Crippen LogP contribution is 2.25. The second-order valence-electron chi connectivity index (χ2n) is 10.4. The Balaban J connectivity index is 1.98. The summed E-state index contributed by atoms with van der Waals surface area (Å²) in [6.07, 6.45) is 10.2. The molecule has 2 aromatic rings. The van der Waals surface area contributed by atoms with E-state index in [0.29, 0.717) is 16.7 Å². The Labute approximate surface area is 231 Å². The van der Waals surface area contributed by atoms with E-state index in [0.717, 1.165) is 30.3 Å². The van der Waals surface area contributed by atoms with E-state index in [4.69, 9.17) is 16.3 Å². The lowest BCUT2D eigenvalue weighted by molar-refractivity contribution is -0.127. The zero-order valence-electron chi connectivity index (χ0n) is 22.9. The average Bonchev–Trinajstić information content (AvgIpc) is 2.88. The molecule has 2 atom stereocenters. The third kappa shape index (κ3) is 10.9. The van der Waals surface area contributed by atoms with Gasteiger partial charge in [0.05, 0.1) is 12.1 Å². The summed E-state index contributed by atoms with van der Waals surface area (Å²) in [5, 5.41) is 5.99. The fourth-order valence-corrected chi connectivity index (χ4v) is 3.88. The van der Waals surface area contributed by atoms with Crippen LogP contribution in [0.5, 0.6) is 5.75 Å². The van der Waals surface area contributed by atoms with Crippen LogP contribution in [0.2, 0.25) is 5.02 Å². The number of aryl methyl sites for hydroxylation is 1. The number of hydrogen-bond acceptors (Lipinski definition) is 4. The molecule has 0 spiro atoms. The maximum atomic E-state index is 13.0. The molecule has 0 saturated carbocycles. The number of benzene rings is 2. The summed E-state index contributed by atoms with van der Waals surface area (Å²) in [5.41, 5.74) is 2.45. The number of carbonyl (C=O) groups excluding carboxylic acids is 3. The molecule has 204 valence electrons. The molecular weight excluding hydrogens is 500 g/mol. The first-order valence-electron chi connectivity index (χ1n) is 12.8. The van der Waals surface area contributed by atoms with Gasteiger partial charge in [0.1, 0.15) is 18.1 Å². The Hall–Kier alpha value is -3.38. The van der Waals surface area contributed by atoms with E-state index in [-0.39, 0.29) is 24.8 Å². The van der Waals surface area contributed by atoms with Crippen molar-refractivity contribution in [2.24, 2.45) is 11.3 Å². The first-order chi connectivity index (χ1) is 18.0. The Morgan fingerprint density at radius 3 is 2.39 bits per heavy atom. The van der Waals surface area contributed by atoms with Crippen LogP contribution in [0.15, 0.2) is 60.7 Å². The van der Waals surface area contributed by atoms with Crippen LogP contribution in [-0.4, -0.2) is 37.8 Å². The van der Waals surface area contributed by atoms with Gasteiger partial charge in [0.2, 0.25) is 11.8 Å². The molecule has 0 aromatic heterocycles. The monoisotopic (exact) mass is 538 g/mol. The maximum Gasteiger partial charge on any atom is 0.244 e.